The van der Waals surface area contributed by atoms with Crippen molar-refractivity contribution in [3.05, 3.63) is 0 Å². The molecule has 1 rings (SSSR count). The summed E-state index contributed by atoms with van der Waals surface area (Å²) in [5.74, 6) is -0.353. The molecule has 0 aromatic heterocycles. The summed E-state index contributed by atoms with van der Waals surface area (Å²) in [6, 6.07) is -0.334. The molecule has 0 aromatic rings. The van der Waals surface area contributed by atoms with Crippen LogP contribution in [0.5, 0.6) is 0 Å². The van der Waals surface area contributed by atoms with Gasteiger partial charge in [-0.3, -0.25) is 4.79 Å². The van der Waals surface area contributed by atoms with Crippen molar-refractivity contribution in [2.24, 2.45) is 0 Å². The number of carbonyl (C=O) groups is 1. The Morgan fingerprint density at radius 3 is 2.60 bits per heavy atom. The topological polar surface area (TPSA) is 38.3 Å². The van der Waals surface area contributed by atoms with E-state index in [4.69, 9.17) is 7.17 Å². The van der Waals surface area contributed by atoms with Crippen molar-refractivity contribution in [2.45, 2.75) is 57.7 Å². The van der Waals surface area contributed by atoms with Crippen molar-refractivity contribution in [1.82, 2.24) is 5.32 Å². The molecule has 3 atom stereocenters. The van der Waals surface area contributed by atoms with Gasteiger partial charge in [0.25, 0.3) is 0 Å². The molecule has 1 heterocycles. The average molecular weight is 231 g/mol. The molecule has 4 heteroatoms. The maximum atomic E-state index is 11.3. The number of hydrogen-bond donors (Lipinski definition) is 1. The summed E-state index contributed by atoms with van der Waals surface area (Å²) in [5.41, 5.74) is 0. The third kappa shape index (κ3) is 3.31. The van der Waals surface area contributed by atoms with Crippen LogP contribution in [0.25, 0.3) is 0 Å². The number of hydrogen-bond acceptors (Lipinski definition) is 2. The molecule has 0 radical (unpaired) electrons. The third-order valence-electron chi connectivity index (χ3n) is 3.24. The maximum absolute atomic E-state index is 11.3. The molecule has 0 aromatic carbocycles. The van der Waals surface area contributed by atoms with Crippen molar-refractivity contribution in [3.8, 4) is 0 Å². The van der Waals surface area contributed by atoms with Crippen LogP contribution in [0.4, 0.5) is 0 Å². The molecule has 1 aliphatic rings. The van der Waals surface area contributed by atoms with Gasteiger partial charge in [-0.2, -0.15) is 0 Å². The Hall–Kier alpha value is -0.353. The van der Waals surface area contributed by atoms with Gasteiger partial charge in [-0.25, -0.2) is 0 Å². The van der Waals surface area contributed by atoms with Crippen molar-refractivity contribution < 1.29 is 12.0 Å². The predicted octanol–water partition coefficient (Wildman–Crippen LogP) is 2.29. The first-order valence-corrected chi connectivity index (χ1v) is 8.26. The van der Waals surface area contributed by atoms with Crippen LogP contribution in [0.2, 0.25) is 18.1 Å². The highest BCUT2D eigenvalue weighted by Crippen LogP contribution is 2.36. The van der Waals surface area contributed by atoms with Crippen molar-refractivity contribution in [1.29, 1.82) is 0 Å². The van der Waals surface area contributed by atoms with Crippen molar-refractivity contribution in [3.63, 3.8) is 0 Å². The van der Waals surface area contributed by atoms with E-state index in [1.54, 1.807) is 0 Å². The summed E-state index contributed by atoms with van der Waals surface area (Å²) in [5, 5.41) is 2.78. The van der Waals surface area contributed by atoms with Crippen LogP contribution < -0.4 is 5.32 Å². The molecule has 3 nitrogen and oxygen atoms in total. The summed E-state index contributed by atoms with van der Waals surface area (Å²) in [4.78, 5) is 11.3. The van der Waals surface area contributed by atoms with E-state index in [0.717, 1.165) is 0 Å². The zero-order valence-corrected chi connectivity index (χ0v) is 11.3. The lowest BCUT2D eigenvalue weighted by atomic mass is 10.2. The summed E-state index contributed by atoms with van der Waals surface area (Å²) in [6.45, 7) is 11.1. The Morgan fingerprint density at radius 2 is 2.20 bits per heavy atom. The van der Waals surface area contributed by atoms with Gasteiger partial charge in [0.2, 0.25) is 5.91 Å². The Kier molecular flexibility index (Phi) is 2.79. The second-order valence-electron chi connectivity index (χ2n) is 5.55. The van der Waals surface area contributed by atoms with E-state index in [2.05, 4.69) is 39.2 Å². The van der Waals surface area contributed by atoms with Crippen LogP contribution in [0.15, 0.2) is 0 Å². The molecule has 1 fully saturated rings. The van der Waals surface area contributed by atoms with E-state index in [-0.39, 0.29) is 17.0 Å². The first kappa shape index (κ1) is 9.84. The van der Waals surface area contributed by atoms with Gasteiger partial charge >= 0.3 is 0 Å². The Balaban J connectivity index is 2.55. The summed E-state index contributed by atoms with van der Waals surface area (Å²) in [7, 11) is -1.84. The standard InChI is InChI=1S/C11H23NO2Si/c1-11(2,3)15(4,5)14-8-9-6-7-10(13)12-9/h9H,6-8H2,1-5H3,(H,12,13)/t9-/m0/s1/i6D,7D/t6-,7+,9+/m1. The highest BCUT2D eigenvalue weighted by Gasteiger charge is 2.38. The van der Waals surface area contributed by atoms with Crippen LogP contribution in [-0.4, -0.2) is 26.9 Å². The third-order valence-corrected chi connectivity index (χ3v) is 7.74. The molecule has 1 saturated heterocycles. The molecule has 1 amide bonds. The van der Waals surface area contributed by atoms with Gasteiger partial charge in [0.1, 0.15) is 0 Å². The summed E-state index contributed by atoms with van der Waals surface area (Å²) >= 11 is 0. The SMILES string of the molecule is [2H][C@@H]1[C@H]([2H])C(=O)N[C@@H]1CO[Si](C)(C)C(C)(C)C. The molecule has 15 heavy (non-hydrogen) atoms. The molecular weight excluding hydrogens is 206 g/mol. The molecule has 0 spiro atoms. The van der Waals surface area contributed by atoms with Crippen molar-refractivity contribution >= 4 is 14.2 Å². The zero-order chi connectivity index (χ0) is 13.4. The zero-order valence-electron chi connectivity index (χ0n) is 12.3. The van der Waals surface area contributed by atoms with E-state index in [9.17, 15) is 4.79 Å². The van der Waals surface area contributed by atoms with Gasteiger partial charge in [0.05, 0.1) is 12.6 Å². The number of nitrogens with one attached hydrogen (secondary N) is 1. The van der Waals surface area contributed by atoms with E-state index in [0.29, 0.717) is 6.61 Å². The van der Waals surface area contributed by atoms with Gasteiger partial charge in [-0.05, 0) is 24.5 Å². The van der Waals surface area contributed by atoms with Crippen LogP contribution in [0.3, 0.4) is 0 Å². The van der Waals surface area contributed by atoms with Gasteiger partial charge in [-0.15, -0.1) is 0 Å². The lowest BCUT2D eigenvalue weighted by molar-refractivity contribution is -0.119. The van der Waals surface area contributed by atoms with E-state index in [1.165, 1.54) is 0 Å². The summed E-state index contributed by atoms with van der Waals surface area (Å²) < 4.78 is 21.2. The minimum absolute atomic E-state index is 0.119. The molecule has 1 aliphatic heterocycles. The Labute approximate surface area is 96.5 Å². The van der Waals surface area contributed by atoms with Gasteiger partial charge < -0.3 is 9.74 Å². The summed E-state index contributed by atoms with van der Waals surface area (Å²) in [6.07, 6.45) is -1.68. The second kappa shape index (κ2) is 4.26. The van der Waals surface area contributed by atoms with Crippen LogP contribution in [-0.2, 0) is 9.22 Å². The van der Waals surface area contributed by atoms with E-state index >= 15 is 0 Å². The predicted molar refractivity (Wildman–Crippen MR) is 64.3 cm³/mol. The second-order valence-corrected chi connectivity index (χ2v) is 10.4. The highest BCUT2D eigenvalue weighted by molar-refractivity contribution is 6.74. The fourth-order valence-corrected chi connectivity index (χ4v) is 2.12. The van der Waals surface area contributed by atoms with Gasteiger partial charge in [0.15, 0.2) is 8.32 Å². The fraction of sp³-hybridized carbons (Fsp3) is 0.909. The molecule has 0 unspecified atom stereocenters. The smallest absolute Gasteiger partial charge is 0.220 e. The monoisotopic (exact) mass is 231 g/mol. The minimum atomic E-state index is -1.84. The fourth-order valence-electron chi connectivity index (χ4n) is 1.09. The quantitative estimate of drug-likeness (QED) is 0.757. The average Bonchev–Trinajstić information content (AvgIpc) is 2.41. The maximum Gasteiger partial charge on any atom is 0.220 e. The molecule has 0 saturated carbocycles. The van der Waals surface area contributed by atoms with E-state index in [1.807, 2.05) is 0 Å². The number of carbonyl (C=O) groups excluding carboxylic acids is 1. The van der Waals surface area contributed by atoms with Crippen LogP contribution >= 0.6 is 0 Å². The van der Waals surface area contributed by atoms with Gasteiger partial charge in [0, 0.05) is 9.14 Å². The lowest BCUT2D eigenvalue weighted by Crippen LogP contribution is -2.44. The molecule has 0 aliphatic carbocycles. The minimum Gasteiger partial charge on any atom is -0.415 e. The van der Waals surface area contributed by atoms with Crippen LogP contribution in [0, 0.1) is 0 Å². The van der Waals surface area contributed by atoms with Crippen LogP contribution in [0.1, 0.15) is 36.3 Å². The first-order chi connectivity index (χ1) is 7.56. The highest BCUT2D eigenvalue weighted by atomic mass is 28.4. The Morgan fingerprint density at radius 1 is 1.60 bits per heavy atom. The lowest BCUT2D eigenvalue weighted by Gasteiger charge is -2.36. The van der Waals surface area contributed by atoms with Gasteiger partial charge in [-0.1, -0.05) is 20.8 Å². The molecule has 0 bridgehead atoms. The molecular formula is C11H23NO2Si. The van der Waals surface area contributed by atoms with Crippen molar-refractivity contribution in [2.75, 3.05) is 6.61 Å². The Bertz CT molecular complexity index is 304. The normalized spacial score (nSPS) is 34.7. The van der Waals surface area contributed by atoms with E-state index < -0.39 is 21.1 Å². The largest absolute Gasteiger partial charge is 0.415 e. The number of amides is 1. The molecule has 88 valence electrons. The molecule has 1 N–H and O–H groups in total. The first-order valence-electron chi connectivity index (χ1n) is 6.50. The number of rotatable bonds is 3.